The Balaban J connectivity index is 2.16. The van der Waals surface area contributed by atoms with Crippen LogP contribution in [0.25, 0.3) is 0 Å². The zero-order chi connectivity index (χ0) is 18.8. The smallest absolute Gasteiger partial charge is 0.410 e. The van der Waals surface area contributed by atoms with Gasteiger partial charge >= 0.3 is 12.1 Å². The lowest BCUT2D eigenvalue weighted by molar-refractivity contribution is 0.00647. The van der Waals surface area contributed by atoms with Crippen LogP contribution >= 0.6 is 0 Å². The summed E-state index contributed by atoms with van der Waals surface area (Å²) in [6.07, 6.45) is -0.351. The van der Waals surface area contributed by atoms with Gasteiger partial charge in [0.15, 0.2) is 0 Å². The molecular weight excluding hydrogens is 331 g/mol. The van der Waals surface area contributed by atoms with Gasteiger partial charge in [-0.2, -0.15) is 0 Å². The zero-order valence-corrected chi connectivity index (χ0v) is 14.8. The molecule has 2 rings (SSSR count). The summed E-state index contributed by atoms with van der Waals surface area (Å²) in [6, 6.07) is 2.09. The van der Waals surface area contributed by atoms with Gasteiger partial charge in [0, 0.05) is 12.7 Å². The first-order chi connectivity index (χ1) is 11.6. The molecule has 0 saturated carbocycles. The molecule has 2 unspecified atom stereocenters. The normalized spacial score (nSPS) is 20.9. The van der Waals surface area contributed by atoms with Gasteiger partial charge in [-0.3, -0.25) is 4.79 Å². The fraction of sp³-hybridized carbons (Fsp3) is 0.588. The number of piperidine rings is 1. The van der Waals surface area contributed by atoms with Crippen molar-refractivity contribution in [1.82, 2.24) is 9.47 Å². The van der Waals surface area contributed by atoms with Crippen LogP contribution in [0.3, 0.4) is 0 Å². The third-order valence-electron chi connectivity index (χ3n) is 3.90. The molecule has 0 N–H and O–H groups in total. The number of hydrogen-bond acceptors (Lipinski definition) is 5. The molecule has 1 aliphatic rings. The number of alkyl halides is 1. The molecule has 1 aromatic heterocycles. The molecule has 0 aromatic carbocycles. The number of ether oxygens (including phenoxy) is 2. The first kappa shape index (κ1) is 19.0. The monoisotopic (exact) mass is 354 g/mol. The van der Waals surface area contributed by atoms with Crippen molar-refractivity contribution in [2.75, 3.05) is 20.2 Å². The molecule has 1 amide bonds. The van der Waals surface area contributed by atoms with E-state index in [1.165, 1.54) is 34.9 Å². The second-order valence-corrected chi connectivity index (χ2v) is 6.92. The van der Waals surface area contributed by atoms with Gasteiger partial charge in [-0.15, -0.1) is 0 Å². The molecule has 1 fully saturated rings. The molecule has 7 nitrogen and oxygen atoms in total. The average molecular weight is 354 g/mol. The Morgan fingerprint density at radius 3 is 2.56 bits per heavy atom. The van der Waals surface area contributed by atoms with Gasteiger partial charge in [0.1, 0.15) is 17.3 Å². The number of halogens is 1. The maximum atomic E-state index is 14.6. The summed E-state index contributed by atoms with van der Waals surface area (Å²) in [4.78, 5) is 37.4. The summed E-state index contributed by atoms with van der Waals surface area (Å²) < 4.78 is 25.7. The van der Waals surface area contributed by atoms with E-state index in [2.05, 4.69) is 4.74 Å². The molecule has 0 spiro atoms. The van der Waals surface area contributed by atoms with Gasteiger partial charge in [0.25, 0.3) is 5.56 Å². The van der Waals surface area contributed by atoms with E-state index < -0.39 is 35.4 Å². The van der Waals surface area contributed by atoms with Crippen molar-refractivity contribution in [2.45, 2.75) is 45.0 Å². The number of hydrogen-bond donors (Lipinski definition) is 0. The molecular formula is C17H23FN2O5. The van der Waals surface area contributed by atoms with Crippen LogP contribution in [-0.4, -0.2) is 53.5 Å². The van der Waals surface area contributed by atoms with Crippen molar-refractivity contribution in [3.63, 3.8) is 0 Å². The second kappa shape index (κ2) is 7.25. The van der Waals surface area contributed by atoms with Crippen LogP contribution < -0.4 is 5.56 Å². The van der Waals surface area contributed by atoms with Crippen molar-refractivity contribution in [2.24, 2.45) is 0 Å². The maximum Gasteiger partial charge on any atom is 0.410 e. The minimum absolute atomic E-state index is 0.147. The van der Waals surface area contributed by atoms with Crippen molar-refractivity contribution in [1.29, 1.82) is 0 Å². The van der Waals surface area contributed by atoms with Crippen LogP contribution in [0.5, 0.6) is 0 Å². The van der Waals surface area contributed by atoms with E-state index in [1.807, 2.05) is 0 Å². The standard InChI is InChI=1S/C17H23FN2O5/c1-17(2,3)25-16(23)19-9-7-13(12(18)10-19)20-8-5-6-11(14(20)21)15(22)24-4/h5-6,8,12-13H,7,9-10H2,1-4H3. The summed E-state index contributed by atoms with van der Waals surface area (Å²) in [6.45, 7) is 5.30. The summed E-state index contributed by atoms with van der Waals surface area (Å²) in [5.41, 5.74) is -1.41. The van der Waals surface area contributed by atoms with Gasteiger partial charge in [0.05, 0.1) is 19.7 Å². The Bertz CT molecular complexity index is 710. The fourth-order valence-corrected chi connectivity index (χ4v) is 2.73. The summed E-state index contributed by atoms with van der Waals surface area (Å²) in [7, 11) is 1.18. The molecule has 8 heteroatoms. The average Bonchev–Trinajstić information content (AvgIpc) is 2.53. The van der Waals surface area contributed by atoms with E-state index in [1.54, 1.807) is 20.8 Å². The highest BCUT2D eigenvalue weighted by atomic mass is 19.1. The lowest BCUT2D eigenvalue weighted by Crippen LogP contribution is -2.49. The van der Waals surface area contributed by atoms with Crippen molar-refractivity contribution < 1.29 is 23.5 Å². The van der Waals surface area contributed by atoms with Gasteiger partial charge in [0.2, 0.25) is 0 Å². The van der Waals surface area contributed by atoms with Crippen molar-refractivity contribution in [3.8, 4) is 0 Å². The number of amides is 1. The Morgan fingerprint density at radius 1 is 1.32 bits per heavy atom. The third-order valence-corrected chi connectivity index (χ3v) is 3.90. The van der Waals surface area contributed by atoms with Gasteiger partial charge in [-0.05, 0) is 39.3 Å². The second-order valence-electron chi connectivity index (χ2n) is 6.92. The minimum Gasteiger partial charge on any atom is -0.465 e. The Labute approximate surface area is 145 Å². The van der Waals surface area contributed by atoms with Crippen LogP contribution in [0.15, 0.2) is 23.1 Å². The molecule has 2 atom stereocenters. The van der Waals surface area contributed by atoms with E-state index >= 15 is 0 Å². The summed E-state index contributed by atoms with van der Waals surface area (Å²) >= 11 is 0. The minimum atomic E-state index is -1.45. The molecule has 0 aliphatic carbocycles. The molecule has 1 aliphatic heterocycles. The lowest BCUT2D eigenvalue weighted by atomic mass is 10.0. The molecule has 0 radical (unpaired) electrons. The van der Waals surface area contributed by atoms with E-state index in [0.29, 0.717) is 0 Å². The topological polar surface area (TPSA) is 77.8 Å². The van der Waals surface area contributed by atoms with E-state index in [4.69, 9.17) is 4.74 Å². The number of pyridine rings is 1. The maximum absolute atomic E-state index is 14.6. The van der Waals surface area contributed by atoms with E-state index in [9.17, 15) is 18.8 Å². The van der Waals surface area contributed by atoms with Crippen LogP contribution in [0.1, 0.15) is 43.6 Å². The molecule has 1 saturated heterocycles. The summed E-state index contributed by atoms with van der Waals surface area (Å²) in [5.74, 6) is -0.763. The quantitative estimate of drug-likeness (QED) is 0.761. The molecule has 2 heterocycles. The lowest BCUT2D eigenvalue weighted by Gasteiger charge is -2.36. The predicted octanol–water partition coefficient (Wildman–Crippen LogP) is 2.15. The van der Waals surface area contributed by atoms with Crippen LogP contribution in [-0.2, 0) is 9.47 Å². The number of carbonyl (C=O) groups is 2. The number of likely N-dealkylation sites (tertiary alicyclic amines) is 1. The van der Waals surface area contributed by atoms with Gasteiger partial charge in [-0.25, -0.2) is 14.0 Å². The first-order valence-corrected chi connectivity index (χ1v) is 8.05. The van der Waals surface area contributed by atoms with Crippen molar-refractivity contribution >= 4 is 12.1 Å². The van der Waals surface area contributed by atoms with Crippen molar-refractivity contribution in [3.05, 3.63) is 34.2 Å². The predicted molar refractivity (Wildman–Crippen MR) is 88.4 cm³/mol. The van der Waals surface area contributed by atoms with Crippen LogP contribution in [0, 0.1) is 0 Å². The number of aromatic nitrogens is 1. The van der Waals surface area contributed by atoms with E-state index in [0.717, 1.165) is 0 Å². The highest BCUT2D eigenvalue weighted by molar-refractivity contribution is 5.88. The number of methoxy groups -OCH3 is 1. The fourth-order valence-electron chi connectivity index (χ4n) is 2.73. The molecule has 138 valence electrons. The van der Waals surface area contributed by atoms with Crippen LogP contribution in [0.4, 0.5) is 9.18 Å². The number of esters is 1. The van der Waals surface area contributed by atoms with Gasteiger partial charge < -0.3 is 18.9 Å². The Kier molecular flexibility index (Phi) is 5.49. The SMILES string of the molecule is COC(=O)c1cccn(C2CCN(C(=O)OC(C)(C)C)CC2F)c1=O. The highest BCUT2D eigenvalue weighted by Gasteiger charge is 2.35. The number of rotatable bonds is 2. The highest BCUT2D eigenvalue weighted by Crippen LogP contribution is 2.25. The Hall–Kier alpha value is -2.38. The first-order valence-electron chi connectivity index (χ1n) is 8.05. The van der Waals surface area contributed by atoms with E-state index in [-0.39, 0.29) is 25.1 Å². The molecule has 1 aromatic rings. The number of carbonyl (C=O) groups excluding carboxylic acids is 2. The van der Waals surface area contributed by atoms with Crippen LogP contribution in [0.2, 0.25) is 0 Å². The molecule has 25 heavy (non-hydrogen) atoms. The molecule has 0 bridgehead atoms. The number of nitrogens with zero attached hydrogens (tertiary/aromatic N) is 2. The third kappa shape index (κ3) is 4.37. The Morgan fingerprint density at radius 2 is 2.00 bits per heavy atom. The largest absolute Gasteiger partial charge is 0.465 e. The summed E-state index contributed by atoms with van der Waals surface area (Å²) in [5, 5.41) is 0. The van der Waals surface area contributed by atoms with Gasteiger partial charge in [-0.1, -0.05) is 0 Å². The zero-order valence-electron chi connectivity index (χ0n) is 14.8.